The normalized spacial score (nSPS) is 9.81. The maximum absolute atomic E-state index is 9.29. The van der Waals surface area contributed by atoms with Gasteiger partial charge in [-0.1, -0.05) is 6.07 Å². The van der Waals surface area contributed by atoms with Crippen LogP contribution in [-0.4, -0.2) is 17.2 Å². The van der Waals surface area contributed by atoms with Gasteiger partial charge in [-0.3, -0.25) is 0 Å². The highest BCUT2D eigenvalue weighted by Gasteiger charge is 2.05. The lowest BCUT2D eigenvalue weighted by Crippen LogP contribution is -1.92. The topological polar surface area (TPSA) is 51.6 Å². The molecule has 0 atom stereocenters. The Kier molecular flexibility index (Phi) is 2.91. The third-order valence-corrected chi connectivity index (χ3v) is 1.99. The minimum Gasteiger partial charge on any atom is -0.508 e. The first-order chi connectivity index (χ1) is 7.79. The summed E-state index contributed by atoms with van der Waals surface area (Å²) in [5, 5.41) is 9.29. The van der Waals surface area contributed by atoms with Gasteiger partial charge in [0.2, 0.25) is 0 Å². The second-order valence-corrected chi connectivity index (χ2v) is 3.11. The molecule has 1 aromatic carbocycles. The number of pyridine rings is 1. The monoisotopic (exact) mass is 217 g/mol. The summed E-state index contributed by atoms with van der Waals surface area (Å²) in [5.74, 6) is 1.57. The number of phenolic OH excluding ortho intramolecular Hbond substituents is 1. The number of hydrogen-bond acceptors (Lipinski definition) is 4. The maximum atomic E-state index is 9.29. The van der Waals surface area contributed by atoms with Crippen LogP contribution in [0.2, 0.25) is 0 Å². The first-order valence-electron chi connectivity index (χ1n) is 4.75. The third-order valence-electron chi connectivity index (χ3n) is 1.99. The van der Waals surface area contributed by atoms with Crippen LogP contribution < -0.4 is 9.47 Å². The molecule has 0 aliphatic heterocycles. The highest BCUT2D eigenvalue weighted by molar-refractivity contribution is 5.39. The van der Waals surface area contributed by atoms with Crippen LogP contribution in [-0.2, 0) is 0 Å². The van der Waals surface area contributed by atoms with Crippen molar-refractivity contribution in [3.63, 3.8) is 0 Å². The number of nitrogens with zero attached hydrogens (tertiary/aromatic N) is 1. The summed E-state index contributed by atoms with van der Waals surface area (Å²) in [6, 6.07) is 10.0. The lowest BCUT2D eigenvalue weighted by molar-refractivity contribution is 0.368. The number of aromatic hydroxyl groups is 1. The molecule has 1 aromatic heterocycles. The Hall–Kier alpha value is -2.23. The molecular weight excluding hydrogens is 206 g/mol. The molecule has 2 aromatic rings. The predicted molar refractivity (Wildman–Crippen MR) is 59.0 cm³/mol. The first-order valence-corrected chi connectivity index (χ1v) is 4.75. The van der Waals surface area contributed by atoms with Crippen molar-refractivity contribution in [3.8, 4) is 23.1 Å². The smallest absolute Gasteiger partial charge is 0.262 e. The Balaban J connectivity index is 2.26. The van der Waals surface area contributed by atoms with E-state index in [0.717, 1.165) is 0 Å². The summed E-state index contributed by atoms with van der Waals surface area (Å²) in [5.41, 5.74) is 0. The summed E-state index contributed by atoms with van der Waals surface area (Å²) >= 11 is 0. The number of aromatic nitrogens is 1. The van der Waals surface area contributed by atoms with Gasteiger partial charge in [0, 0.05) is 12.3 Å². The van der Waals surface area contributed by atoms with Crippen LogP contribution in [0.3, 0.4) is 0 Å². The second-order valence-electron chi connectivity index (χ2n) is 3.11. The Bertz CT molecular complexity index is 485. The molecule has 0 fully saturated rings. The predicted octanol–water partition coefficient (Wildman–Crippen LogP) is 2.59. The van der Waals surface area contributed by atoms with Gasteiger partial charge in [-0.2, -0.15) is 0 Å². The van der Waals surface area contributed by atoms with Crippen molar-refractivity contribution in [1.29, 1.82) is 0 Å². The van der Waals surface area contributed by atoms with Gasteiger partial charge in [0.15, 0.2) is 5.75 Å². The molecule has 0 aliphatic rings. The SMILES string of the molecule is COc1cccnc1Oc1cccc(O)c1. The molecular formula is C12H11NO3. The van der Waals surface area contributed by atoms with Crippen molar-refractivity contribution in [3.05, 3.63) is 42.6 Å². The first kappa shape index (κ1) is 10.3. The number of benzene rings is 1. The number of rotatable bonds is 3. The standard InChI is InChI=1S/C12H11NO3/c1-15-11-6-3-7-13-12(11)16-10-5-2-4-9(14)8-10/h2-8,14H,1H3. The molecule has 0 spiro atoms. The van der Waals surface area contributed by atoms with Crippen molar-refractivity contribution in [2.75, 3.05) is 7.11 Å². The minimum atomic E-state index is 0.146. The molecule has 0 bridgehead atoms. The van der Waals surface area contributed by atoms with Gasteiger partial charge < -0.3 is 14.6 Å². The van der Waals surface area contributed by atoms with Crippen LogP contribution in [0.4, 0.5) is 0 Å². The highest BCUT2D eigenvalue weighted by atomic mass is 16.5. The van der Waals surface area contributed by atoms with E-state index in [-0.39, 0.29) is 5.75 Å². The third kappa shape index (κ3) is 2.23. The van der Waals surface area contributed by atoms with Crippen LogP contribution in [0.5, 0.6) is 23.1 Å². The second kappa shape index (κ2) is 4.53. The van der Waals surface area contributed by atoms with Gasteiger partial charge in [-0.05, 0) is 24.3 Å². The van der Waals surface area contributed by atoms with E-state index in [4.69, 9.17) is 9.47 Å². The summed E-state index contributed by atoms with van der Waals surface area (Å²) in [6.07, 6.45) is 1.61. The van der Waals surface area contributed by atoms with E-state index in [2.05, 4.69) is 4.98 Å². The molecule has 16 heavy (non-hydrogen) atoms. The van der Waals surface area contributed by atoms with Crippen molar-refractivity contribution >= 4 is 0 Å². The fourth-order valence-corrected chi connectivity index (χ4v) is 1.27. The average molecular weight is 217 g/mol. The zero-order valence-electron chi connectivity index (χ0n) is 8.75. The van der Waals surface area contributed by atoms with Crippen LogP contribution >= 0.6 is 0 Å². The van der Waals surface area contributed by atoms with Crippen LogP contribution in [0.1, 0.15) is 0 Å². The maximum Gasteiger partial charge on any atom is 0.262 e. The Morgan fingerprint density at radius 2 is 2.06 bits per heavy atom. The summed E-state index contributed by atoms with van der Waals surface area (Å²) < 4.78 is 10.6. The Morgan fingerprint density at radius 3 is 2.81 bits per heavy atom. The molecule has 0 aliphatic carbocycles. The average Bonchev–Trinajstić information content (AvgIpc) is 2.30. The van der Waals surface area contributed by atoms with Gasteiger partial charge in [-0.25, -0.2) is 4.98 Å². The van der Waals surface area contributed by atoms with E-state index in [1.165, 1.54) is 6.07 Å². The molecule has 0 saturated carbocycles. The number of phenols is 1. The van der Waals surface area contributed by atoms with E-state index in [0.29, 0.717) is 17.4 Å². The van der Waals surface area contributed by atoms with Crippen LogP contribution in [0.25, 0.3) is 0 Å². The number of hydrogen-bond donors (Lipinski definition) is 1. The van der Waals surface area contributed by atoms with E-state index < -0.39 is 0 Å². The lowest BCUT2D eigenvalue weighted by atomic mass is 10.3. The van der Waals surface area contributed by atoms with Crippen LogP contribution in [0, 0.1) is 0 Å². The fourth-order valence-electron chi connectivity index (χ4n) is 1.27. The Morgan fingerprint density at radius 1 is 1.19 bits per heavy atom. The zero-order chi connectivity index (χ0) is 11.4. The number of ether oxygens (including phenoxy) is 2. The molecule has 4 heteroatoms. The molecule has 0 saturated heterocycles. The van der Waals surface area contributed by atoms with Gasteiger partial charge in [0.05, 0.1) is 7.11 Å². The van der Waals surface area contributed by atoms with Crippen molar-refractivity contribution in [1.82, 2.24) is 4.98 Å². The molecule has 0 radical (unpaired) electrons. The number of methoxy groups -OCH3 is 1. The van der Waals surface area contributed by atoms with E-state index >= 15 is 0 Å². The minimum absolute atomic E-state index is 0.146. The van der Waals surface area contributed by atoms with E-state index in [1.54, 1.807) is 43.6 Å². The zero-order valence-corrected chi connectivity index (χ0v) is 8.75. The quantitative estimate of drug-likeness (QED) is 0.858. The molecule has 0 unspecified atom stereocenters. The van der Waals surface area contributed by atoms with Crippen molar-refractivity contribution < 1.29 is 14.6 Å². The van der Waals surface area contributed by atoms with Gasteiger partial charge in [-0.15, -0.1) is 0 Å². The highest BCUT2D eigenvalue weighted by Crippen LogP contribution is 2.29. The van der Waals surface area contributed by atoms with Crippen molar-refractivity contribution in [2.24, 2.45) is 0 Å². The molecule has 1 N–H and O–H groups in total. The van der Waals surface area contributed by atoms with Gasteiger partial charge >= 0.3 is 0 Å². The van der Waals surface area contributed by atoms with E-state index in [1.807, 2.05) is 0 Å². The van der Waals surface area contributed by atoms with Crippen molar-refractivity contribution in [2.45, 2.75) is 0 Å². The molecule has 4 nitrogen and oxygen atoms in total. The molecule has 1 heterocycles. The molecule has 2 rings (SSSR count). The van der Waals surface area contributed by atoms with Gasteiger partial charge in [0.25, 0.3) is 5.88 Å². The summed E-state index contributed by atoms with van der Waals surface area (Å²) in [7, 11) is 1.55. The lowest BCUT2D eigenvalue weighted by Gasteiger charge is -2.08. The fraction of sp³-hybridized carbons (Fsp3) is 0.0833. The van der Waals surface area contributed by atoms with Crippen LogP contribution in [0.15, 0.2) is 42.6 Å². The molecule has 0 amide bonds. The summed E-state index contributed by atoms with van der Waals surface area (Å²) in [6.45, 7) is 0. The largest absolute Gasteiger partial charge is 0.508 e. The Labute approximate surface area is 93.1 Å². The summed E-state index contributed by atoms with van der Waals surface area (Å²) in [4.78, 5) is 4.05. The molecule has 82 valence electrons. The van der Waals surface area contributed by atoms with E-state index in [9.17, 15) is 5.11 Å². The van der Waals surface area contributed by atoms with Gasteiger partial charge in [0.1, 0.15) is 11.5 Å².